The number of hydrogen-bond donors (Lipinski definition) is 3. The maximum Gasteiger partial charge on any atom is 0.267 e. The number of thiazole rings is 1. The molecule has 4 aromatic rings. The summed E-state index contributed by atoms with van der Waals surface area (Å²) in [6.07, 6.45) is 2.88. The molecule has 4 rings (SSSR count). The Morgan fingerprint density at radius 3 is 2.77 bits per heavy atom. The molecule has 156 valence electrons. The summed E-state index contributed by atoms with van der Waals surface area (Å²) in [5.74, 6) is -0.746. The lowest BCUT2D eigenvalue weighted by Crippen LogP contribution is -2.11. The number of fused-ring (bicyclic) bond motifs is 1. The van der Waals surface area contributed by atoms with Crippen molar-refractivity contribution < 1.29 is 9.59 Å². The van der Waals surface area contributed by atoms with Crippen LogP contribution in [0.15, 0.2) is 53.7 Å². The van der Waals surface area contributed by atoms with Crippen LogP contribution >= 0.6 is 11.3 Å². The molecule has 0 spiro atoms. The zero-order chi connectivity index (χ0) is 22.0. The van der Waals surface area contributed by atoms with Gasteiger partial charge in [-0.3, -0.25) is 14.4 Å². The quantitative estimate of drug-likeness (QED) is 0.312. The van der Waals surface area contributed by atoms with E-state index in [4.69, 9.17) is 5.73 Å². The Hall–Kier alpha value is -3.92. The van der Waals surface area contributed by atoms with Gasteiger partial charge in [0, 0.05) is 23.8 Å². The highest BCUT2D eigenvalue weighted by molar-refractivity contribution is 7.13. The first kappa shape index (κ1) is 20.4. The fourth-order valence-corrected chi connectivity index (χ4v) is 3.93. The molecule has 10 heteroatoms. The molecule has 3 aromatic heterocycles. The maximum absolute atomic E-state index is 12.8. The molecule has 1 atom stereocenters. The fraction of sp³-hybridized carbons (Fsp3) is 0.143. The standard InChI is InChI=1S/C21H18N6O3S/c1-11(8-15(28)18-12-6-7-17(29)27-19(12)25-10-24-18)21-23-9-16(31-21)20(30)26-14-5-3-2-4-13(14)22/h2-7,9-11H,8,22H2,1H3,(H,26,30)(H,24,25,27,29)/t11-/m0/s1. The molecular weight excluding hydrogens is 416 g/mol. The van der Waals surface area contributed by atoms with Gasteiger partial charge >= 0.3 is 0 Å². The number of nitrogens with two attached hydrogens (primary N) is 1. The van der Waals surface area contributed by atoms with Crippen LogP contribution in [0.25, 0.3) is 11.0 Å². The first-order valence-corrected chi connectivity index (χ1v) is 10.2. The van der Waals surface area contributed by atoms with Crippen LogP contribution in [0.5, 0.6) is 0 Å². The highest BCUT2D eigenvalue weighted by atomic mass is 32.1. The summed E-state index contributed by atoms with van der Waals surface area (Å²) >= 11 is 1.22. The van der Waals surface area contributed by atoms with Crippen molar-refractivity contribution in [2.75, 3.05) is 11.1 Å². The third-order valence-electron chi connectivity index (χ3n) is 4.66. The number of ketones is 1. The number of nitrogens with zero attached hydrogens (tertiary/aromatic N) is 3. The van der Waals surface area contributed by atoms with Crippen LogP contribution in [0.2, 0.25) is 0 Å². The van der Waals surface area contributed by atoms with Gasteiger partial charge in [0.1, 0.15) is 22.5 Å². The molecule has 0 aliphatic heterocycles. The first-order chi connectivity index (χ1) is 14.9. The highest BCUT2D eigenvalue weighted by Gasteiger charge is 2.21. The predicted octanol–water partition coefficient (Wildman–Crippen LogP) is 2.99. The van der Waals surface area contributed by atoms with E-state index in [1.54, 1.807) is 24.3 Å². The van der Waals surface area contributed by atoms with E-state index in [0.717, 1.165) is 0 Å². The first-order valence-electron chi connectivity index (χ1n) is 9.41. The Labute approximate surface area is 180 Å². The molecular formula is C21H18N6O3S. The van der Waals surface area contributed by atoms with Crippen LogP contribution < -0.4 is 16.6 Å². The number of carbonyl (C=O) groups is 2. The molecule has 0 aliphatic carbocycles. The molecule has 0 bridgehead atoms. The third-order valence-corrected chi connectivity index (χ3v) is 5.89. The average Bonchev–Trinajstić information content (AvgIpc) is 3.25. The molecule has 0 fully saturated rings. The van der Waals surface area contributed by atoms with Crippen molar-refractivity contribution in [1.82, 2.24) is 19.9 Å². The molecule has 3 heterocycles. The zero-order valence-electron chi connectivity index (χ0n) is 16.5. The van der Waals surface area contributed by atoms with E-state index >= 15 is 0 Å². The third kappa shape index (κ3) is 4.33. The number of H-pyrrole nitrogens is 1. The van der Waals surface area contributed by atoms with Crippen molar-refractivity contribution in [1.29, 1.82) is 0 Å². The molecule has 0 radical (unpaired) electrons. The molecule has 0 aliphatic rings. The second-order valence-electron chi connectivity index (χ2n) is 6.94. The van der Waals surface area contributed by atoms with Gasteiger partial charge in [-0.05, 0) is 18.2 Å². The van der Waals surface area contributed by atoms with Crippen LogP contribution in [-0.4, -0.2) is 31.6 Å². The number of carbonyl (C=O) groups excluding carboxylic acids is 2. The minimum atomic E-state index is -0.314. The van der Waals surface area contributed by atoms with Gasteiger partial charge in [-0.15, -0.1) is 11.3 Å². The van der Waals surface area contributed by atoms with E-state index in [1.807, 2.05) is 6.92 Å². The minimum absolute atomic E-state index is 0.144. The Morgan fingerprint density at radius 2 is 1.97 bits per heavy atom. The van der Waals surface area contributed by atoms with Gasteiger partial charge in [0.2, 0.25) is 5.56 Å². The van der Waals surface area contributed by atoms with Gasteiger partial charge in [0.25, 0.3) is 5.91 Å². The highest BCUT2D eigenvalue weighted by Crippen LogP contribution is 2.27. The Morgan fingerprint density at radius 1 is 1.16 bits per heavy atom. The Bertz CT molecular complexity index is 1350. The predicted molar refractivity (Wildman–Crippen MR) is 118 cm³/mol. The number of pyridine rings is 1. The van der Waals surface area contributed by atoms with Gasteiger partial charge < -0.3 is 16.0 Å². The van der Waals surface area contributed by atoms with Gasteiger partial charge in [-0.1, -0.05) is 19.1 Å². The molecule has 0 saturated heterocycles. The van der Waals surface area contributed by atoms with Crippen LogP contribution in [0, 0.1) is 0 Å². The van der Waals surface area contributed by atoms with Crippen molar-refractivity contribution >= 4 is 45.4 Å². The lowest BCUT2D eigenvalue weighted by Gasteiger charge is -2.08. The summed E-state index contributed by atoms with van der Waals surface area (Å²) in [4.78, 5) is 52.3. The summed E-state index contributed by atoms with van der Waals surface area (Å²) in [6.45, 7) is 1.86. The Balaban J connectivity index is 1.49. The van der Waals surface area contributed by atoms with E-state index in [-0.39, 0.29) is 35.3 Å². The van der Waals surface area contributed by atoms with E-state index in [2.05, 4.69) is 25.3 Å². The number of amides is 1. The van der Waals surface area contributed by atoms with Crippen molar-refractivity contribution in [3.63, 3.8) is 0 Å². The second kappa shape index (κ2) is 8.44. The molecule has 0 unspecified atom stereocenters. The molecule has 0 saturated carbocycles. The number of aromatic amines is 1. The number of nitrogens with one attached hydrogen (secondary N) is 2. The fourth-order valence-electron chi connectivity index (χ4n) is 3.07. The van der Waals surface area contributed by atoms with Crippen LogP contribution in [0.1, 0.15) is 44.4 Å². The number of anilines is 2. The van der Waals surface area contributed by atoms with E-state index in [1.165, 1.54) is 36.0 Å². The Kier molecular flexibility index (Phi) is 5.54. The number of benzene rings is 1. The van der Waals surface area contributed by atoms with Gasteiger partial charge in [-0.25, -0.2) is 15.0 Å². The number of nitrogen functional groups attached to an aromatic ring is 1. The summed E-state index contributed by atoms with van der Waals surface area (Å²) in [7, 11) is 0. The van der Waals surface area contributed by atoms with Gasteiger partial charge in [-0.2, -0.15) is 0 Å². The lowest BCUT2D eigenvalue weighted by atomic mass is 10.0. The molecule has 9 nitrogen and oxygen atoms in total. The largest absolute Gasteiger partial charge is 0.397 e. The van der Waals surface area contributed by atoms with Crippen LogP contribution in [-0.2, 0) is 0 Å². The van der Waals surface area contributed by atoms with Crippen molar-refractivity contribution in [2.45, 2.75) is 19.3 Å². The summed E-state index contributed by atoms with van der Waals surface area (Å²) in [5, 5.41) is 3.91. The normalized spacial score (nSPS) is 11.9. The van der Waals surface area contributed by atoms with E-state index in [9.17, 15) is 14.4 Å². The summed E-state index contributed by atoms with van der Waals surface area (Å²) in [5.41, 5.74) is 7.11. The SMILES string of the molecule is C[C@@H](CC(=O)c1ncnc2[nH]c(=O)ccc12)c1ncc(C(=O)Nc2ccccc2N)s1. The topological polar surface area (TPSA) is 144 Å². The lowest BCUT2D eigenvalue weighted by molar-refractivity contribution is 0.0971. The number of aromatic nitrogens is 4. The zero-order valence-corrected chi connectivity index (χ0v) is 17.3. The van der Waals surface area contributed by atoms with Crippen molar-refractivity contribution in [3.05, 3.63) is 74.9 Å². The molecule has 1 aromatic carbocycles. The molecule has 4 N–H and O–H groups in total. The smallest absolute Gasteiger partial charge is 0.267 e. The van der Waals surface area contributed by atoms with E-state index < -0.39 is 0 Å². The van der Waals surface area contributed by atoms with Crippen molar-refractivity contribution in [3.8, 4) is 0 Å². The number of Topliss-reactive ketones (excluding diaryl/α,β-unsaturated/α-hetero) is 1. The molecule has 31 heavy (non-hydrogen) atoms. The number of rotatable bonds is 6. The minimum Gasteiger partial charge on any atom is -0.397 e. The maximum atomic E-state index is 12.8. The van der Waals surface area contributed by atoms with Gasteiger partial charge in [0.15, 0.2) is 5.78 Å². The number of para-hydroxylation sites is 2. The van der Waals surface area contributed by atoms with Crippen molar-refractivity contribution in [2.24, 2.45) is 0 Å². The van der Waals surface area contributed by atoms with E-state index in [0.29, 0.717) is 32.3 Å². The summed E-state index contributed by atoms with van der Waals surface area (Å²) in [6, 6.07) is 9.85. The summed E-state index contributed by atoms with van der Waals surface area (Å²) < 4.78 is 0. The second-order valence-corrected chi connectivity index (χ2v) is 8.00. The van der Waals surface area contributed by atoms with Crippen LogP contribution in [0.4, 0.5) is 11.4 Å². The van der Waals surface area contributed by atoms with Crippen LogP contribution in [0.3, 0.4) is 0 Å². The molecule has 1 amide bonds. The monoisotopic (exact) mass is 434 g/mol. The number of hydrogen-bond acceptors (Lipinski definition) is 8. The average molecular weight is 434 g/mol. The van der Waals surface area contributed by atoms with Gasteiger partial charge in [0.05, 0.1) is 22.6 Å².